The first-order valence-corrected chi connectivity index (χ1v) is 15.5. The number of likely N-dealkylation sites (tertiary alicyclic amines) is 2. The Balaban J connectivity index is 1.24. The molecule has 1 aromatic carbocycles. The lowest BCUT2D eigenvalue weighted by Crippen LogP contribution is -2.43. The highest BCUT2D eigenvalue weighted by atomic mass is 32.2. The average molecular weight is 584 g/mol. The molecule has 40 heavy (non-hydrogen) atoms. The molecule has 0 radical (unpaired) electrons. The molecule has 12 heteroatoms. The van der Waals surface area contributed by atoms with Gasteiger partial charge in [0.2, 0.25) is 11.8 Å². The van der Waals surface area contributed by atoms with Crippen LogP contribution in [-0.2, 0) is 19.2 Å². The van der Waals surface area contributed by atoms with Gasteiger partial charge in [0.25, 0.3) is 5.91 Å². The van der Waals surface area contributed by atoms with Crippen molar-refractivity contribution in [3.05, 3.63) is 44.4 Å². The van der Waals surface area contributed by atoms with Gasteiger partial charge in [-0.3, -0.25) is 28.9 Å². The Morgan fingerprint density at radius 3 is 2.50 bits per heavy atom. The molecule has 3 amide bonds. The maximum atomic E-state index is 13.4. The van der Waals surface area contributed by atoms with E-state index >= 15 is 0 Å². The summed E-state index contributed by atoms with van der Waals surface area (Å²) in [5.74, 6) is -3.03. The van der Waals surface area contributed by atoms with Crippen molar-refractivity contribution in [2.75, 3.05) is 26.2 Å². The molecular weight excluding hydrogens is 554 g/mol. The second-order valence-corrected chi connectivity index (χ2v) is 13.6. The van der Waals surface area contributed by atoms with E-state index in [1.54, 1.807) is 11.8 Å². The van der Waals surface area contributed by atoms with E-state index in [9.17, 15) is 29.1 Å². The number of nitrogens with zero attached hydrogens (tertiary/aromatic N) is 2. The number of nitrogens with one attached hydrogen (secondary N) is 1. The molecule has 10 nitrogen and oxygen atoms in total. The highest BCUT2D eigenvalue weighted by Gasteiger charge is 2.69. The number of piperidine rings is 1. The molecule has 1 aromatic heterocycles. The zero-order chi connectivity index (χ0) is 27.7. The molecular formula is C28H29N3O7S2. The Bertz CT molecular complexity index is 1460. The van der Waals surface area contributed by atoms with Crippen LogP contribution in [0.15, 0.2) is 34.1 Å². The van der Waals surface area contributed by atoms with Crippen LogP contribution in [0.25, 0.3) is 0 Å². The molecule has 3 aliphatic heterocycles. The van der Waals surface area contributed by atoms with Crippen LogP contribution in [0.3, 0.4) is 0 Å². The number of fused-ring (bicyclic) bond motifs is 9. The normalized spacial score (nSPS) is 32.1. The Hall–Kier alpha value is -3.12. The van der Waals surface area contributed by atoms with Crippen molar-refractivity contribution in [3.63, 3.8) is 0 Å². The zero-order valence-electron chi connectivity index (χ0n) is 21.6. The number of amides is 3. The molecule has 6 unspecified atom stereocenters. The first-order chi connectivity index (χ1) is 19.3. The molecule has 4 heterocycles. The SMILES string of the molecule is O=C(O)CN1C(=O)C2C3CC(C2C1=O)C1C3Sc2[nH]c(=O)sc2[C@@H]1c1ccccc1OCC(=O)N1CCCCC1. The highest BCUT2D eigenvalue weighted by molar-refractivity contribution is 8.00. The summed E-state index contributed by atoms with van der Waals surface area (Å²) in [4.78, 5) is 70.0. The lowest BCUT2D eigenvalue weighted by Gasteiger charge is -2.43. The molecule has 2 bridgehead atoms. The summed E-state index contributed by atoms with van der Waals surface area (Å²) in [5, 5.41) is 10.1. The Kier molecular flexibility index (Phi) is 6.30. The molecule has 2 aliphatic carbocycles. The summed E-state index contributed by atoms with van der Waals surface area (Å²) in [7, 11) is 0. The van der Waals surface area contributed by atoms with Gasteiger partial charge >= 0.3 is 10.8 Å². The van der Waals surface area contributed by atoms with E-state index in [2.05, 4.69) is 4.98 Å². The van der Waals surface area contributed by atoms with E-state index in [4.69, 9.17) is 4.74 Å². The number of aromatic nitrogens is 1. The van der Waals surface area contributed by atoms with Gasteiger partial charge in [-0.15, -0.1) is 11.8 Å². The Labute approximate surface area is 238 Å². The molecule has 2 saturated carbocycles. The number of benzene rings is 1. The number of hydrogen-bond acceptors (Lipinski definition) is 8. The standard InChI is InChI=1S/C28H29N3O7S2/c32-17(30-8-4-1-5-9-30)12-38-16-7-3-2-6-13(16)19-20-14-10-15(23(20)39-25-24(19)40-28(37)29-25)22-21(14)26(35)31(27(22)36)11-18(33)34/h2-3,6-7,14-15,19-23H,1,4-5,8-12H2,(H,29,37)(H,33,34)/t14?,15?,19-,20?,21?,22?,23?/m1/s1. The van der Waals surface area contributed by atoms with Crippen LogP contribution in [0.1, 0.15) is 42.0 Å². The van der Waals surface area contributed by atoms with Gasteiger partial charge in [0, 0.05) is 34.7 Å². The topological polar surface area (TPSA) is 137 Å². The van der Waals surface area contributed by atoms with Gasteiger partial charge in [-0.05, 0) is 49.5 Å². The number of carbonyl (C=O) groups is 4. The van der Waals surface area contributed by atoms with Crippen LogP contribution in [0.4, 0.5) is 0 Å². The summed E-state index contributed by atoms with van der Waals surface area (Å²) < 4.78 is 6.17. The van der Waals surface area contributed by atoms with Crippen molar-refractivity contribution in [3.8, 4) is 5.75 Å². The lowest BCUT2D eigenvalue weighted by atomic mass is 9.68. The Morgan fingerprint density at radius 1 is 1.02 bits per heavy atom. The van der Waals surface area contributed by atoms with Crippen molar-refractivity contribution >= 4 is 46.8 Å². The van der Waals surface area contributed by atoms with Crippen molar-refractivity contribution in [1.29, 1.82) is 0 Å². The smallest absolute Gasteiger partial charge is 0.323 e. The fourth-order valence-electron chi connectivity index (χ4n) is 7.96. The largest absolute Gasteiger partial charge is 0.483 e. The monoisotopic (exact) mass is 583 g/mol. The minimum absolute atomic E-state index is 0.0152. The summed E-state index contributed by atoms with van der Waals surface area (Å²) in [6.45, 7) is 0.797. The van der Waals surface area contributed by atoms with E-state index in [0.717, 1.165) is 64.1 Å². The average Bonchev–Trinajstić information content (AvgIpc) is 3.68. The number of rotatable bonds is 6. The summed E-state index contributed by atoms with van der Waals surface area (Å²) >= 11 is 2.73. The van der Waals surface area contributed by atoms with Crippen LogP contribution < -0.4 is 9.61 Å². The van der Waals surface area contributed by atoms with E-state index in [-0.39, 0.29) is 52.2 Å². The fraction of sp³-hybridized carbons (Fsp3) is 0.536. The number of hydrogen-bond donors (Lipinski definition) is 2. The minimum Gasteiger partial charge on any atom is -0.483 e. The van der Waals surface area contributed by atoms with E-state index in [1.165, 1.54) is 0 Å². The molecule has 7 rings (SSSR count). The van der Waals surface area contributed by atoms with Gasteiger partial charge in [0.05, 0.1) is 16.9 Å². The number of ether oxygens (including phenoxy) is 1. The highest BCUT2D eigenvalue weighted by Crippen LogP contribution is 2.68. The maximum Gasteiger partial charge on any atom is 0.323 e. The van der Waals surface area contributed by atoms with Crippen molar-refractivity contribution in [2.45, 2.75) is 41.9 Å². The van der Waals surface area contributed by atoms with Crippen LogP contribution in [-0.4, -0.2) is 75.1 Å². The number of H-pyrrole nitrogens is 1. The number of imide groups is 1. The molecule has 2 N–H and O–H groups in total. The molecule has 2 saturated heterocycles. The van der Waals surface area contributed by atoms with Crippen molar-refractivity contribution < 1.29 is 29.0 Å². The molecule has 210 valence electrons. The van der Waals surface area contributed by atoms with Crippen molar-refractivity contribution in [2.24, 2.45) is 29.6 Å². The number of para-hydroxylation sites is 1. The van der Waals surface area contributed by atoms with E-state index in [0.29, 0.717) is 12.2 Å². The maximum absolute atomic E-state index is 13.4. The third-order valence-electron chi connectivity index (χ3n) is 9.42. The predicted octanol–water partition coefficient (Wildman–Crippen LogP) is 2.39. The van der Waals surface area contributed by atoms with E-state index < -0.39 is 30.3 Å². The number of carboxylic acids is 1. The number of carbonyl (C=O) groups excluding carboxylic acids is 3. The molecule has 4 fully saturated rings. The van der Waals surface area contributed by atoms with Crippen LogP contribution >= 0.6 is 23.1 Å². The number of aromatic amines is 1. The molecule has 5 aliphatic rings. The number of carboxylic acid groups (broad SMARTS) is 1. The van der Waals surface area contributed by atoms with Gasteiger partial charge in [-0.2, -0.15) is 0 Å². The first kappa shape index (κ1) is 25.8. The van der Waals surface area contributed by atoms with Gasteiger partial charge < -0.3 is 19.7 Å². The second kappa shape index (κ2) is 9.76. The van der Waals surface area contributed by atoms with Crippen molar-refractivity contribution in [1.82, 2.24) is 14.8 Å². The van der Waals surface area contributed by atoms with Gasteiger partial charge in [0.1, 0.15) is 12.3 Å². The second-order valence-electron chi connectivity index (χ2n) is 11.4. The zero-order valence-corrected chi connectivity index (χ0v) is 23.2. The third kappa shape index (κ3) is 3.93. The number of thiazole rings is 1. The molecule has 7 atom stereocenters. The van der Waals surface area contributed by atoms with Gasteiger partial charge in [0.15, 0.2) is 6.61 Å². The summed E-state index contributed by atoms with van der Waals surface area (Å²) in [5.41, 5.74) is 0.865. The van der Waals surface area contributed by atoms with Gasteiger partial charge in [-0.25, -0.2) is 0 Å². The Morgan fingerprint density at radius 2 is 1.75 bits per heavy atom. The van der Waals surface area contributed by atoms with Crippen LogP contribution in [0.5, 0.6) is 5.75 Å². The first-order valence-electron chi connectivity index (χ1n) is 13.8. The third-order valence-corrected chi connectivity index (χ3v) is 12.0. The minimum atomic E-state index is -1.20. The van der Waals surface area contributed by atoms with Gasteiger partial charge in [-0.1, -0.05) is 29.5 Å². The summed E-state index contributed by atoms with van der Waals surface area (Å²) in [6, 6.07) is 7.59. The lowest BCUT2D eigenvalue weighted by molar-refractivity contribution is -0.149. The molecule has 2 aromatic rings. The molecule has 0 spiro atoms. The van der Waals surface area contributed by atoms with Crippen LogP contribution in [0, 0.1) is 29.6 Å². The number of aliphatic carboxylic acids is 1. The van der Waals surface area contributed by atoms with Crippen LogP contribution in [0.2, 0.25) is 0 Å². The van der Waals surface area contributed by atoms with E-state index in [1.807, 2.05) is 29.2 Å². The number of thioether (sulfide) groups is 1. The fourth-order valence-corrected chi connectivity index (χ4v) is 10.8. The quantitative estimate of drug-likeness (QED) is 0.495. The predicted molar refractivity (Wildman–Crippen MR) is 145 cm³/mol. The summed E-state index contributed by atoms with van der Waals surface area (Å²) in [6.07, 6.45) is 3.83.